The van der Waals surface area contributed by atoms with Gasteiger partial charge in [0.15, 0.2) is 23.2 Å². The van der Waals surface area contributed by atoms with Crippen molar-refractivity contribution in [1.82, 2.24) is 4.90 Å². The molecule has 0 aliphatic carbocycles. The summed E-state index contributed by atoms with van der Waals surface area (Å²) in [6.07, 6.45) is 0. The lowest BCUT2D eigenvalue weighted by atomic mass is 10.2. The Bertz CT molecular complexity index is 867. The van der Waals surface area contributed by atoms with Crippen molar-refractivity contribution in [3.8, 4) is 0 Å². The van der Waals surface area contributed by atoms with Gasteiger partial charge in [-0.3, -0.25) is 19.9 Å². The van der Waals surface area contributed by atoms with Gasteiger partial charge < -0.3 is 15.2 Å². The smallest absolute Gasteiger partial charge is 0.320 e. The van der Waals surface area contributed by atoms with Crippen LogP contribution < -0.4 is 11.2 Å². The molecule has 0 fully saturated rings. The van der Waals surface area contributed by atoms with Crippen LogP contribution in [-0.2, 0) is 19.1 Å². The number of ether oxygens (including phenoxy) is 2. The third-order valence-corrected chi connectivity index (χ3v) is 3.70. The molecule has 3 N–H and O–H groups in total. The zero-order valence-corrected chi connectivity index (χ0v) is 16.5. The van der Waals surface area contributed by atoms with Crippen LogP contribution in [0.25, 0.3) is 0 Å². The van der Waals surface area contributed by atoms with E-state index in [2.05, 4.69) is 20.7 Å². The average Bonchev–Trinajstić information content (AvgIpc) is 3.02. The molecule has 0 aromatic heterocycles. The van der Waals surface area contributed by atoms with E-state index in [1.54, 1.807) is 13.8 Å². The van der Waals surface area contributed by atoms with E-state index in [4.69, 9.17) is 15.2 Å². The zero-order valence-electron chi connectivity index (χ0n) is 16.5. The van der Waals surface area contributed by atoms with Crippen LogP contribution in [0.15, 0.2) is 33.5 Å². The highest BCUT2D eigenvalue weighted by atomic mass is 19.2. The second-order valence-corrected chi connectivity index (χ2v) is 5.99. The molecular formula is C18H22F2N6O4. The van der Waals surface area contributed by atoms with E-state index in [0.29, 0.717) is 0 Å². The van der Waals surface area contributed by atoms with Crippen LogP contribution in [0.2, 0.25) is 0 Å². The van der Waals surface area contributed by atoms with Crippen molar-refractivity contribution in [3.63, 3.8) is 0 Å². The third-order valence-electron chi connectivity index (χ3n) is 3.70. The van der Waals surface area contributed by atoms with Crippen LogP contribution in [0, 0.1) is 11.6 Å². The summed E-state index contributed by atoms with van der Waals surface area (Å²) in [6, 6.07) is 3.15. The minimum atomic E-state index is -1.04. The number of esters is 2. The van der Waals surface area contributed by atoms with Crippen molar-refractivity contribution in [2.45, 2.75) is 13.8 Å². The normalized spacial score (nSPS) is 14.5. The lowest BCUT2D eigenvalue weighted by molar-refractivity contribution is -0.147. The molecule has 0 spiro atoms. The number of hydrogen-bond acceptors (Lipinski definition) is 10. The van der Waals surface area contributed by atoms with Gasteiger partial charge in [-0.2, -0.15) is 5.10 Å². The maximum absolute atomic E-state index is 13.3. The van der Waals surface area contributed by atoms with Crippen LogP contribution >= 0.6 is 0 Å². The van der Waals surface area contributed by atoms with E-state index in [0.717, 1.165) is 12.1 Å². The number of hydrogen-bond donors (Lipinski definition) is 2. The van der Waals surface area contributed by atoms with Crippen molar-refractivity contribution >= 4 is 34.9 Å². The summed E-state index contributed by atoms with van der Waals surface area (Å²) in [6.45, 7) is 3.29. The standard InChI is InChI=1S/C18H22F2N6O4/c1-3-29-15(27)9-26(10-16(28)30-4-2)8-14-17(18(21)25-23-14)24-22-11-5-6-12(19)13(20)7-11/h5-7,22H,3-4,8-10H2,1-2H3,(H2,21,24,25). The van der Waals surface area contributed by atoms with Gasteiger partial charge in [-0.15, -0.1) is 10.2 Å². The van der Waals surface area contributed by atoms with Crippen molar-refractivity contribution < 1.29 is 27.8 Å². The summed E-state index contributed by atoms with van der Waals surface area (Å²) in [5.41, 5.74) is 8.91. The molecule has 162 valence electrons. The number of halogens is 2. The van der Waals surface area contributed by atoms with Gasteiger partial charge in [-0.05, 0) is 26.0 Å². The molecule has 1 aromatic rings. The van der Waals surface area contributed by atoms with Crippen LogP contribution in [0.1, 0.15) is 13.8 Å². The number of nitrogens with zero attached hydrogens (tertiary/aromatic N) is 4. The third kappa shape index (κ3) is 6.58. The second-order valence-electron chi connectivity index (χ2n) is 5.99. The molecule has 1 aliphatic heterocycles. The number of amidine groups is 1. The Morgan fingerprint density at radius 1 is 1.10 bits per heavy atom. The van der Waals surface area contributed by atoms with Crippen molar-refractivity contribution in [1.29, 1.82) is 0 Å². The Labute approximate surface area is 171 Å². The van der Waals surface area contributed by atoms with Gasteiger partial charge in [0, 0.05) is 12.6 Å². The fourth-order valence-electron chi connectivity index (χ4n) is 2.43. The predicted octanol–water partition coefficient (Wildman–Crippen LogP) is 0.888. The molecule has 0 radical (unpaired) electrons. The van der Waals surface area contributed by atoms with Crippen molar-refractivity contribution in [2.75, 3.05) is 38.3 Å². The van der Waals surface area contributed by atoms with Crippen LogP contribution in [0.5, 0.6) is 0 Å². The first-order valence-corrected chi connectivity index (χ1v) is 9.07. The van der Waals surface area contributed by atoms with Gasteiger partial charge in [-0.1, -0.05) is 0 Å². The topological polar surface area (TPSA) is 131 Å². The lowest BCUT2D eigenvalue weighted by Gasteiger charge is -2.20. The highest BCUT2D eigenvalue weighted by Crippen LogP contribution is 2.13. The van der Waals surface area contributed by atoms with E-state index in [-0.39, 0.29) is 55.8 Å². The summed E-state index contributed by atoms with van der Waals surface area (Å²) >= 11 is 0. The lowest BCUT2D eigenvalue weighted by Crippen LogP contribution is -2.42. The molecule has 0 amide bonds. The first-order valence-electron chi connectivity index (χ1n) is 9.07. The van der Waals surface area contributed by atoms with Crippen LogP contribution in [0.3, 0.4) is 0 Å². The summed E-state index contributed by atoms with van der Waals surface area (Å²) in [4.78, 5) is 25.2. The Kier molecular flexibility index (Phi) is 8.35. The molecule has 0 saturated carbocycles. The summed E-state index contributed by atoms with van der Waals surface area (Å²) in [7, 11) is 0. The summed E-state index contributed by atoms with van der Waals surface area (Å²) in [5, 5.41) is 11.7. The van der Waals surface area contributed by atoms with E-state index in [9.17, 15) is 18.4 Å². The van der Waals surface area contributed by atoms with Gasteiger partial charge in [-0.25, -0.2) is 8.78 Å². The van der Waals surface area contributed by atoms with E-state index in [1.807, 2.05) is 0 Å². The SMILES string of the molecule is CCOC(=O)CN(CC(=O)OCC)CC1=NN=C(N)C1=NNc1ccc(F)c(F)c1. The van der Waals surface area contributed by atoms with Gasteiger partial charge >= 0.3 is 11.9 Å². The predicted molar refractivity (Wildman–Crippen MR) is 106 cm³/mol. The summed E-state index contributed by atoms with van der Waals surface area (Å²) < 4.78 is 36.2. The fourth-order valence-corrected chi connectivity index (χ4v) is 2.43. The Balaban J connectivity index is 2.13. The Hall–Kier alpha value is -3.41. The molecule has 0 unspecified atom stereocenters. The number of hydrazone groups is 1. The molecule has 0 atom stereocenters. The van der Waals surface area contributed by atoms with Gasteiger partial charge in [0.2, 0.25) is 0 Å². The van der Waals surface area contributed by atoms with E-state index < -0.39 is 23.6 Å². The molecule has 1 heterocycles. The van der Waals surface area contributed by atoms with Gasteiger partial charge in [0.05, 0.1) is 32.0 Å². The molecule has 2 rings (SSSR count). The number of carbonyl (C=O) groups excluding carboxylic acids is 2. The average molecular weight is 424 g/mol. The molecule has 1 aliphatic rings. The van der Waals surface area contributed by atoms with Gasteiger partial charge in [0.25, 0.3) is 0 Å². The highest BCUT2D eigenvalue weighted by molar-refractivity contribution is 6.69. The number of benzene rings is 1. The number of anilines is 1. The monoisotopic (exact) mass is 424 g/mol. The first kappa shape index (κ1) is 22.9. The van der Waals surface area contributed by atoms with Crippen molar-refractivity contribution in [3.05, 3.63) is 29.8 Å². The van der Waals surface area contributed by atoms with Crippen molar-refractivity contribution in [2.24, 2.45) is 21.0 Å². The molecule has 12 heteroatoms. The number of carbonyl (C=O) groups is 2. The van der Waals surface area contributed by atoms with Crippen LogP contribution in [-0.4, -0.2) is 66.9 Å². The van der Waals surface area contributed by atoms with Crippen LogP contribution in [0.4, 0.5) is 14.5 Å². The molecule has 1 aromatic carbocycles. The molecular weight excluding hydrogens is 402 g/mol. The van der Waals surface area contributed by atoms with E-state index >= 15 is 0 Å². The quantitative estimate of drug-likeness (QED) is 0.421. The number of nitrogens with two attached hydrogens (primary N) is 1. The number of rotatable bonds is 10. The molecule has 0 saturated heterocycles. The zero-order chi connectivity index (χ0) is 22.1. The minimum Gasteiger partial charge on any atom is -0.465 e. The summed E-state index contributed by atoms with van der Waals surface area (Å²) in [5.74, 6) is -3.13. The molecule has 30 heavy (non-hydrogen) atoms. The molecule has 10 nitrogen and oxygen atoms in total. The maximum Gasteiger partial charge on any atom is 0.320 e. The number of nitrogens with one attached hydrogen (secondary N) is 1. The molecule has 0 bridgehead atoms. The fraction of sp³-hybridized carbons (Fsp3) is 0.389. The van der Waals surface area contributed by atoms with E-state index in [1.165, 1.54) is 11.0 Å². The Morgan fingerprint density at radius 3 is 2.30 bits per heavy atom. The maximum atomic E-state index is 13.3. The highest BCUT2D eigenvalue weighted by Gasteiger charge is 2.25. The second kappa shape index (κ2) is 11.0. The minimum absolute atomic E-state index is 0.0138. The first-order chi connectivity index (χ1) is 14.3. The Morgan fingerprint density at radius 2 is 1.73 bits per heavy atom. The van der Waals surface area contributed by atoms with Gasteiger partial charge in [0.1, 0.15) is 5.71 Å². The largest absolute Gasteiger partial charge is 0.465 e.